The molecule has 3 heterocycles. The average molecular weight is 392 g/mol. The number of hydrazone groups is 1. The lowest BCUT2D eigenvalue weighted by Gasteiger charge is -2.38. The fraction of sp³-hybridized carbons (Fsp3) is 0.227. The second kappa shape index (κ2) is 6.87. The number of aromatic hydroxyl groups is 1. The first-order valence-corrected chi connectivity index (χ1v) is 10.2. The molecule has 142 valence electrons. The molecule has 3 aromatic rings. The fourth-order valence-corrected chi connectivity index (χ4v) is 4.56. The molecule has 5 rings (SSSR count). The van der Waals surface area contributed by atoms with Crippen LogP contribution in [-0.2, 0) is 0 Å². The minimum atomic E-state index is -0.516. The molecule has 0 radical (unpaired) electrons. The number of fused-ring (bicyclic) bond motifs is 3. The monoisotopic (exact) mass is 392 g/mol. The minimum Gasteiger partial charge on any atom is -0.504 e. The number of benzene rings is 2. The van der Waals surface area contributed by atoms with Crippen LogP contribution in [0, 0.1) is 0 Å². The van der Waals surface area contributed by atoms with Crippen molar-refractivity contribution in [1.29, 1.82) is 0 Å². The Balaban J connectivity index is 1.61. The molecule has 0 spiro atoms. The van der Waals surface area contributed by atoms with E-state index in [2.05, 4.69) is 17.5 Å². The van der Waals surface area contributed by atoms with E-state index in [-0.39, 0.29) is 11.8 Å². The number of hydrogen-bond donors (Lipinski definition) is 1. The zero-order valence-electron chi connectivity index (χ0n) is 15.4. The molecule has 0 aliphatic carbocycles. The Labute approximate surface area is 167 Å². The molecule has 2 aliphatic rings. The third kappa shape index (κ3) is 2.72. The van der Waals surface area contributed by atoms with Crippen LogP contribution in [0.1, 0.15) is 41.6 Å². The molecule has 2 atom stereocenters. The van der Waals surface area contributed by atoms with E-state index in [4.69, 9.17) is 14.6 Å². The van der Waals surface area contributed by atoms with Gasteiger partial charge in [0.05, 0.1) is 28.8 Å². The maximum absolute atomic E-state index is 10.8. The summed E-state index contributed by atoms with van der Waals surface area (Å²) in [7, 11) is 0. The molecule has 0 fully saturated rings. The van der Waals surface area contributed by atoms with Crippen LogP contribution in [-0.4, -0.2) is 22.4 Å². The van der Waals surface area contributed by atoms with Crippen molar-refractivity contribution in [3.8, 4) is 17.2 Å². The van der Waals surface area contributed by atoms with Gasteiger partial charge < -0.3 is 14.6 Å². The Morgan fingerprint density at radius 1 is 1.14 bits per heavy atom. The number of nitrogens with zero attached hydrogens (tertiary/aromatic N) is 2. The SMILES string of the molecule is CCOc1cccc(C2Oc3ccccc3C3CC(c4cccs4)=NN32)c1O. The van der Waals surface area contributed by atoms with E-state index in [1.807, 2.05) is 48.3 Å². The molecule has 0 bridgehead atoms. The third-order valence-corrected chi connectivity index (χ3v) is 6.02. The Morgan fingerprint density at radius 2 is 2.00 bits per heavy atom. The van der Waals surface area contributed by atoms with Gasteiger partial charge in [0.25, 0.3) is 0 Å². The van der Waals surface area contributed by atoms with Crippen molar-refractivity contribution in [2.24, 2.45) is 5.10 Å². The van der Waals surface area contributed by atoms with Gasteiger partial charge in [-0.25, -0.2) is 5.01 Å². The van der Waals surface area contributed by atoms with Crippen molar-refractivity contribution in [3.63, 3.8) is 0 Å². The van der Waals surface area contributed by atoms with Crippen molar-refractivity contribution >= 4 is 17.0 Å². The fourth-order valence-electron chi connectivity index (χ4n) is 3.84. The molecule has 6 heteroatoms. The molecule has 5 nitrogen and oxygen atoms in total. The minimum absolute atomic E-state index is 0.0715. The first-order valence-electron chi connectivity index (χ1n) is 9.36. The molecule has 2 unspecified atom stereocenters. The average Bonchev–Trinajstić information content (AvgIpc) is 3.39. The van der Waals surface area contributed by atoms with Gasteiger partial charge in [0.1, 0.15) is 5.75 Å². The molecule has 2 aromatic carbocycles. The van der Waals surface area contributed by atoms with Gasteiger partial charge in [0.2, 0.25) is 6.23 Å². The lowest BCUT2D eigenvalue weighted by atomic mass is 9.97. The summed E-state index contributed by atoms with van der Waals surface area (Å²) in [6.45, 7) is 2.38. The van der Waals surface area contributed by atoms with Crippen molar-refractivity contribution in [2.75, 3.05) is 6.61 Å². The first kappa shape index (κ1) is 17.1. The summed E-state index contributed by atoms with van der Waals surface area (Å²) in [6, 6.07) is 17.8. The highest BCUT2D eigenvalue weighted by Crippen LogP contribution is 2.49. The molecule has 0 saturated heterocycles. The maximum Gasteiger partial charge on any atom is 0.217 e. The van der Waals surface area contributed by atoms with Crippen molar-refractivity contribution in [1.82, 2.24) is 5.01 Å². The lowest BCUT2D eigenvalue weighted by Crippen LogP contribution is -2.33. The summed E-state index contributed by atoms with van der Waals surface area (Å²) in [4.78, 5) is 1.16. The molecular weight excluding hydrogens is 372 g/mol. The van der Waals surface area contributed by atoms with Crippen molar-refractivity contribution < 1.29 is 14.6 Å². The normalized spacial score (nSPS) is 20.2. The second-order valence-electron chi connectivity index (χ2n) is 6.76. The molecule has 1 aromatic heterocycles. The number of rotatable bonds is 4. The van der Waals surface area contributed by atoms with E-state index < -0.39 is 6.23 Å². The molecule has 0 amide bonds. The number of ether oxygens (including phenoxy) is 2. The largest absolute Gasteiger partial charge is 0.504 e. The van der Waals surface area contributed by atoms with Crippen LogP contribution in [0.3, 0.4) is 0 Å². The van der Waals surface area contributed by atoms with Crippen LogP contribution in [0.15, 0.2) is 65.1 Å². The van der Waals surface area contributed by atoms with Gasteiger partial charge in [-0.1, -0.05) is 30.3 Å². The van der Waals surface area contributed by atoms with E-state index >= 15 is 0 Å². The van der Waals surface area contributed by atoms with E-state index in [0.29, 0.717) is 17.9 Å². The summed E-state index contributed by atoms with van der Waals surface area (Å²) in [6.07, 6.45) is 0.293. The zero-order valence-corrected chi connectivity index (χ0v) is 16.2. The molecular formula is C22H20N2O3S. The van der Waals surface area contributed by atoms with Crippen molar-refractivity contribution in [3.05, 3.63) is 76.0 Å². The first-order chi connectivity index (χ1) is 13.8. The van der Waals surface area contributed by atoms with E-state index in [9.17, 15) is 5.11 Å². The highest BCUT2D eigenvalue weighted by atomic mass is 32.1. The van der Waals surface area contributed by atoms with Gasteiger partial charge in [0, 0.05) is 12.0 Å². The van der Waals surface area contributed by atoms with Gasteiger partial charge in [-0.05, 0) is 36.6 Å². The lowest BCUT2D eigenvalue weighted by molar-refractivity contribution is -0.0205. The van der Waals surface area contributed by atoms with E-state index in [1.54, 1.807) is 17.4 Å². The van der Waals surface area contributed by atoms with Gasteiger partial charge in [0.15, 0.2) is 11.5 Å². The highest BCUT2D eigenvalue weighted by Gasteiger charge is 2.42. The zero-order chi connectivity index (χ0) is 19.1. The summed E-state index contributed by atoms with van der Waals surface area (Å²) in [5.74, 6) is 1.39. The van der Waals surface area contributed by atoms with Crippen LogP contribution in [0.4, 0.5) is 0 Å². The summed E-state index contributed by atoms with van der Waals surface area (Å²) >= 11 is 1.69. The van der Waals surface area contributed by atoms with Crippen LogP contribution >= 0.6 is 11.3 Å². The quantitative estimate of drug-likeness (QED) is 0.672. The number of phenols is 1. The highest BCUT2D eigenvalue weighted by molar-refractivity contribution is 7.12. The summed E-state index contributed by atoms with van der Waals surface area (Å²) in [5.41, 5.74) is 2.82. The van der Waals surface area contributed by atoms with Crippen LogP contribution in [0.25, 0.3) is 0 Å². The third-order valence-electron chi connectivity index (χ3n) is 5.10. The topological polar surface area (TPSA) is 54.3 Å². The number of hydrogen-bond acceptors (Lipinski definition) is 6. The summed E-state index contributed by atoms with van der Waals surface area (Å²) < 4.78 is 11.9. The van der Waals surface area contributed by atoms with Crippen LogP contribution < -0.4 is 9.47 Å². The van der Waals surface area contributed by atoms with Crippen molar-refractivity contribution in [2.45, 2.75) is 25.6 Å². The van der Waals surface area contributed by atoms with Gasteiger partial charge in [-0.3, -0.25) is 0 Å². The molecule has 28 heavy (non-hydrogen) atoms. The Hall–Kier alpha value is -2.99. The van der Waals surface area contributed by atoms with E-state index in [0.717, 1.165) is 28.3 Å². The Kier molecular flexibility index (Phi) is 4.20. The van der Waals surface area contributed by atoms with Gasteiger partial charge in [-0.15, -0.1) is 11.3 Å². The van der Waals surface area contributed by atoms with E-state index in [1.165, 1.54) is 0 Å². The van der Waals surface area contributed by atoms with Gasteiger partial charge >= 0.3 is 0 Å². The predicted molar refractivity (Wildman–Crippen MR) is 109 cm³/mol. The van der Waals surface area contributed by atoms with Crippen LogP contribution in [0.2, 0.25) is 0 Å². The Bertz CT molecular complexity index is 1030. The van der Waals surface area contributed by atoms with Gasteiger partial charge in [-0.2, -0.15) is 5.10 Å². The number of thiophene rings is 1. The molecule has 1 N–H and O–H groups in total. The molecule has 2 aliphatic heterocycles. The predicted octanol–water partition coefficient (Wildman–Crippen LogP) is 5.09. The molecule has 0 saturated carbocycles. The standard InChI is InChI=1S/C22H20N2O3S/c1-2-26-19-10-5-8-15(21(19)25)22-24-17(14-7-3-4-9-18(14)27-22)13-16(23-24)20-11-6-12-28-20/h3-12,17,22,25H,2,13H2,1H3. The number of para-hydroxylation sites is 2. The van der Waals surface area contributed by atoms with Crippen LogP contribution in [0.5, 0.6) is 17.2 Å². The smallest absolute Gasteiger partial charge is 0.217 e. The Morgan fingerprint density at radius 3 is 2.82 bits per heavy atom. The maximum atomic E-state index is 10.8. The summed E-state index contributed by atoms with van der Waals surface area (Å²) in [5, 5.41) is 19.8. The number of phenolic OH excluding ortho intramolecular Hbond substituents is 1. The second-order valence-corrected chi connectivity index (χ2v) is 7.71.